The van der Waals surface area contributed by atoms with Gasteiger partial charge in [-0.25, -0.2) is 0 Å². The molecule has 0 fully saturated rings. The largest absolute Gasteiger partial charge is 4.00 e. The van der Waals surface area contributed by atoms with Crippen molar-refractivity contribution in [2.24, 2.45) is 0 Å². The van der Waals surface area contributed by atoms with Gasteiger partial charge in [-0.3, -0.25) is 0 Å². The maximum atomic E-state index is 9.35. The van der Waals surface area contributed by atoms with Gasteiger partial charge in [-0.05, 0) is 4.57 Å². The molecule has 0 radical (unpaired) electrons. The van der Waals surface area contributed by atoms with Crippen molar-refractivity contribution in [2.45, 2.75) is 0 Å². The quantitative estimate of drug-likeness (QED) is 0.527. The standard InChI is InChI=1S/O5P2.O3P.Zr/c1-6(2)5-7(3)4;1-4(2)3;/q;-3;+4/p+1. The van der Waals surface area contributed by atoms with E-state index in [-0.39, 0.29) is 26.2 Å². The van der Waals surface area contributed by atoms with Crippen LogP contribution in [-0.4, -0.2) is 4.89 Å². The molecule has 0 heterocycles. The monoisotopic (exact) mass is 312 g/mol. The number of hydrogen-bond acceptors (Lipinski definition) is 7. The molecular formula is HO8P3Zr+2. The summed E-state index contributed by atoms with van der Waals surface area (Å²) in [6.45, 7) is 0. The van der Waals surface area contributed by atoms with Gasteiger partial charge in [-0.2, -0.15) is 0 Å². The molecule has 0 aliphatic carbocycles. The van der Waals surface area contributed by atoms with Crippen LogP contribution < -0.4 is 19.6 Å². The van der Waals surface area contributed by atoms with Crippen LogP contribution in [0.4, 0.5) is 0 Å². The number of rotatable bonds is 2. The molecule has 0 amide bonds. The predicted octanol–water partition coefficient (Wildman–Crippen LogP) is -3.04. The molecule has 0 aromatic carbocycles. The molecule has 1 N–H and O–H groups in total. The van der Waals surface area contributed by atoms with E-state index in [4.69, 9.17) is 19.6 Å². The first kappa shape index (κ1) is 18.9. The molecule has 12 heavy (non-hydrogen) atoms. The van der Waals surface area contributed by atoms with Gasteiger partial charge < -0.3 is 28.2 Å². The van der Waals surface area contributed by atoms with Crippen molar-refractivity contribution in [1.82, 2.24) is 0 Å². The van der Waals surface area contributed by atoms with Crippen LogP contribution in [0, 0.1) is 0 Å². The Hall–Kier alpha value is 1.27. The van der Waals surface area contributed by atoms with Crippen molar-refractivity contribution in [2.75, 3.05) is 0 Å². The van der Waals surface area contributed by atoms with Crippen molar-refractivity contribution in [3.05, 3.63) is 0 Å². The maximum Gasteiger partial charge on any atom is 4.00 e. The summed E-state index contributed by atoms with van der Waals surface area (Å²) in [6, 6.07) is 0. The molecule has 0 aromatic heterocycles. The third-order valence-corrected chi connectivity index (χ3v) is 1.23. The van der Waals surface area contributed by atoms with Gasteiger partial charge in [0.1, 0.15) is 4.31 Å². The van der Waals surface area contributed by atoms with E-state index >= 15 is 0 Å². The fraction of sp³-hybridized carbons (Fsp3) is 0. The van der Waals surface area contributed by atoms with Crippen LogP contribution in [0.1, 0.15) is 0 Å². The topological polar surface area (TPSA) is 156 Å². The Labute approximate surface area is 89.2 Å². The van der Waals surface area contributed by atoms with E-state index in [0.717, 1.165) is 0 Å². The Kier molecular flexibility index (Phi) is 19.4. The van der Waals surface area contributed by atoms with Gasteiger partial charge in [0, 0.05) is 4.57 Å². The van der Waals surface area contributed by atoms with Crippen molar-refractivity contribution in [1.29, 1.82) is 0 Å². The average molecular weight is 313 g/mol. The Balaban J connectivity index is -0.000000142. The van der Waals surface area contributed by atoms with Crippen LogP contribution in [0.15, 0.2) is 0 Å². The van der Waals surface area contributed by atoms with Crippen molar-refractivity contribution >= 4 is 25.1 Å². The summed E-state index contributed by atoms with van der Waals surface area (Å²) >= 11 is 0. The summed E-state index contributed by atoms with van der Waals surface area (Å²) in [7, 11) is -9.53. The van der Waals surface area contributed by atoms with Gasteiger partial charge in [0.15, 0.2) is 0 Å². The molecule has 0 saturated carbocycles. The minimum Gasteiger partial charge on any atom is -0.854 e. The van der Waals surface area contributed by atoms with Crippen LogP contribution in [0.2, 0.25) is 0 Å². The third kappa shape index (κ3) is 42.8. The van der Waals surface area contributed by atoms with Gasteiger partial charge in [0.2, 0.25) is 0 Å². The smallest absolute Gasteiger partial charge is 0.854 e. The van der Waals surface area contributed by atoms with Gasteiger partial charge in [0.05, 0.1) is 0 Å². The van der Waals surface area contributed by atoms with E-state index in [2.05, 4.69) is 4.31 Å². The molecule has 0 bridgehead atoms. The fourth-order valence-electron chi connectivity index (χ4n) is 0.0570. The summed E-state index contributed by atoms with van der Waals surface area (Å²) in [6.07, 6.45) is 0. The van der Waals surface area contributed by atoms with Crippen molar-refractivity contribution in [3.8, 4) is 0 Å². The van der Waals surface area contributed by atoms with Crippen LogP contribution in [0.3, 0.4) is 0 Å². The van der Waals surface area contributed by atoms with E-state index < -0.39 is 25.1 Å². The Bertz CT molecular complexity index is 118. The second kappa shape index (κ2) is 12.3. The van der Waals surface area contributed by atoms with Crippen LogP contribution in [0.25, 0.3) is 0 Å². The molecule has 12 heteroatoms. The van der Waals surface area contributed by atoms with Gasteiger partial charge in [0.25, 0.3) is 0 Å². The Morgan fingerprint density at radius 2 is 1.50 bits per heavy atom. The molecule has 66 valence electrons. The predicted molar refractivity (Wildman–Crippen MR) is 25.4 cm³/mol. The molecule has 0 aliphatic rings. The van der Waals surface area contributed by atoms with Gasteiger partial charge in [-0.1, -0.05) is 0 Å². The SMILES string of the molecule is O=[P+]([O-])O[P+](=O)O.[O-]P([O-])[O-].[Zr+4]. The van der Waals surface area contributed by atoms with Crippen LogP contribution in [-0.2, 0) is 39.6 Å². The van der Waals surface area contributed by atoms with Crippen molar-refractivity contribution < 1.29 is 64.1 Å². The van der Waals surface area contributed by atoms with Crippen LogP contribution >= 0.6 is 25.1 Å². The molecule has 0 saturated heterocycles. The Morgan fingerprint density at radius 1 is 1.25 bits per heavy atom. The summed E-state index contributed by atoms with van der Waals surface area (Å²) in [5.41, 5.74) is 0. The fourth-order valence-corrected chi connectivity index (χ4v) is 0.513. The molecule has 2 atom stereocenters. The average Bonchev–Trinajstić information content (AvgIpc) is 1.56. The minimum atomic E-state index is -3.37. The van der Waals surface area contributed by atoms with Crippen molar-refractivity contribution in [3.63, 3.8) is 0 Å². The zero-order valence-corrected chi connectivity index (χ0v) is 10.3. The van der Waals surface area contributed by atoms with E-state index in [1.165, 1.54) is 0 Å². The Morgan fingerprint density at radius 3 is 1.50 bits per heavy atom. The molecule has 8 nitrogen and oxygen atoms in total. The molecule has 2 unspecified atom stereocenters. The molecular weight excluding hydrogens is 312 g/mol. The van der Waals surface area contributed by atoms with E-state index in [1.54, 1.807) is 0 Å². The second-order valence-corrected chi connectivity index (χ2v) is 2.79. The first-order valence-electron chi connectivity index (χ1n) is 1.66. The summed E-state index contributed by atoms with van der Waals surface area (Å²) < 4.78 is 21.9. The van der Waals surface area contributed by atoms with Gasteiger partial charge in [-0.15, -0.1) is 4.89 Å². The van der Waals surface area contributed by atoms with Gasteiger partial charge >= 0.3 is 42.7 Å². The zero-order chi connectivity index (χ0) is 9.44. The summed E-state index contributed by atoms with van der Waals surface area (Å²) in [5.74, 6) is 0. The second-order valence-electron chi connectivity index (χ2n) is 0.767. The molecule has 0 rings (SSSR count). The molecule has 0 aliphatic heterocycles. The normalized spacial score (nSPS) is 10.8. The minimum absolute atomic E-state index is 0. The van der Waals surface area contributed by atoms with E-state index in [0.29, 0.717) is 0 Å². The number of hydrogen-bond donors (Lipinski definition) is 1. The maximum absolute atomic E-state index is 9.35. The first-order valence-corrected chi connectivity index (χ1v) is 4.98. The zero-order valence-electron chi connectivity index (χ0n) is 5.15. The summed E-state index contributed by atoms with van der Waals surface area (Å²) in [5, 5.41) is 0. The molecule has 0 spiro atoms. The molecule has 0 aromatic rings. The first-order chi connectivity index (χ1) is 4.86. The summed E-state index contributed by atoms with van der Waals surface area (Å²) in [4.78, 5) is 42.4. The van der Waals surface area contributed by atoms with E-state index in [9.17, 15) is 14.0 Å². The third-order valence-electron chi connectivity index (χ3n) is 0.137. The van der Waals surface area contributed by atoms with Crippen LogP contribution in [0.5, 0.6) is 0 Å². The van der Waals surface area contributed by atoms with E-state index in [1.807, 2.05) is 0 Å².